The number of piperidine rings is 1. The van der Waals surface area contributed by atoms with Crippen molar-refractivity contribution in [1.82, 2.24) is 10.2 Å². The van der Waals surface area contributed by atoms with Gasteiger partial charge in [0.1, 0.15) is 0 Å². The lowest BCUT2D eigenvalue weighted by Gasteiger charge is -2.49. The number of hydrogen-bond acceptors (Lipinski definition) is 3. The number of aliphatic hydroxyl groups excluding tert-OH is 1. The van der Waals surface area contributed by atoms with Gasteiger partial charge in [-0.3, -0.25) is 0 Å². The Morgan fingerprint density at radius 3 is 2.35 bits per heavy atom. The number of aliphatic hydroxyl groups is 1. The monoisotopic (exact) mass is 282 g/mol. The molecule has 2 N–H and O–H groups in total. The molecule has 0 aromatic heterocycles. The summed E-state index contributed by atoms with van der Waals surface area (Å²) in [5, 5.41) is 13.0. The van der Waals surface area contributed by atoms with Gasteiger partial charge in [0.2, 0.25) is 0 Å². The van der Waals surface area contributed by atoms with Gasteiger partial charge in [-0.1, -0.05) is 19.8 Å². The summed E-state index contributed by atoms with van der Waals surface area (Å²) in [6, 6.07) is 1.42. The van der Waals surface area contributed by atoms with Gasteiger partial charge in [0.05, 0.1) is 0 Å². The van der Waals surface area contributed by atoms with Crippen molar-refractivity contribution in [2.75, 3.05) is 26.2 Å². The highest BCUT2D eigenvalue weighted by Crippen LogP contribution is 2.35. The van der Waals surface area contributed by atoms with Gasteiger partial charge in [-0.2, -0.15) is 0 Å². The summed E-state index contributed by atoms with van der Waals surface area (Å²) < 4.78 is 0. The fraction of sp³-hybridized carbons (Fsp3) is 1.00. The van der Waals surface area contributed by atoms with Gasteiger partial charge in [0.25, 0.3) is 0 Å². The molecular formula is C17H34N2O. The number of likely N-dealkylation sites (tertiary alicyclic amines) is 1. The van der Waals surface area contributed by atoms with Crippen LogP contribution in [0.4, 0.5) is 0 Å². The van der Waals surface area contributed by atoms with Gasteiger partial charge in [0, 0.05) is 31.8 Å². The van der Waals surface area contributed by atoms with Crippen LogP contribution >= 0.6 is 0 Å². The minimum atomic E-state index is 0.332. The van der Waals surface area contributed by atoms with Crippen molar-refractivity contribution in [2.45, 2.75) is 65.0 Å². The van der Waals surface area contributed by atoms with Crippen LogP contribution < -0.4 is 5.32 Å². The molecule has 118 valence electrons. The molecule has 1 heterocycles. The Bertz CT molecular complexity index is 268. The summed E-state index contributed by atoms with van der Waals surface area (Å²) in [5.41, 5.74) is 0. The molecule has 2 aliphatic rings. The van der Waals surface area contributed by atoms with E-state index in [1.54, 1.807) is 0 Å². The Balaban J connectivity index is 1.88. The maximum Gasteiger partial charge on any atom is 0.0434 e. The van der Waals surface area contributed by atoms with Crippen LogP contribution in [0.5, 0.6) is 0 Å². The van der Waals surface area contributed by atoms with Crippen LogP contribution in [-0.4, -0.2) is 48.3 Å². The first-order valence-corrected chi connectivity index (χ1v) is 8.74. The number of rotatable bonds is 7. The van der Waals surface area contributed by atoms with E-state index in [0.29, 0.717) is 18.6 Å². The van der Waals surface area contributed by atoms with Gasteiger partial charge >= 0.3 is 0 Å². The molecule has 3 nitrogen and oxygen atoms in total. The van der Waals surface area contributed by atoms with Crippen molar-refractivity contribution in [1.29, 1.82) is 0 Å². The van der Waals surface area contributed by atoms with E-state index in [0.717, 1.165) is 30.8 Å². The first-order valence-electron chi connectivity index (χ1n) is 8.74. The minimum absolute atomic E-state index is 0.332. The third-order valence-electron chi connectivity index (χ3n) is 5.59. The molecule has 1 aliphatic heterocycles. The van der Waals surface area contributed by atoms with Crippen LogP contribution in [0.25, 0.3) is 0 Å². The predicted octanol–water partition coefficient (Wildman–Crippen LogP) is 2.49. The summed E-state index contributed by atoms with van der Waals surface area (Å²) in [7, 11) is 0. The second kappa shape index (κ2) is 7.77. The molecule has 0 aromatic carbocycles. The third kappa shape index (κ3) is 3.96. The highest BCUT2D eigenvalue weighted by molar-refractivity contribution is 4.95. The molecule has 1 saturated carbocycles. The Kier molecular flexibility index (Phi) is 6.31. The average Bonchev–Trinajstić information content (AvgIpc) is 2.42. The molecule has 3 heteroatoms. The number of hydrogen-bond donors (Lipinski definition) is 2. The maximum absolute atomic E-state index is 9.13. The van der Waals surface area contributed by atoms with Gasteiger partial charge < -0.3 is 15.3 Å². The number of fused-ring (bicyclic) bond motifs is 2. The summed E-state index contributed by atoms with van der Waals surface area (Å²) in [6.45, 7) is 10.9. The largest absolute Gasteiger partial charge is 0.396 e. The van der Waals surface area contributed by atoms with E-state index < -0.39 is 0 Å². The summed E-state index contributed by atoms with van der Waals surface area (Å²) in [4.78, 5) is 2.68. The summed E-state index contributed by atoms with van der Waals surface area (Å²) >= 11 is 0. The quantitative estimate of drug-likeness (QED) is 0.753. The third-order valence-corrected chi connectivity index (χ3v) is 5.59. The van der Waals surface area contributed by atoms with Crippen LogP contribution in [-0.2, 0) is 0 Å². The van der Waals surface area contributed by atoms with E-state index in [1.807, 2.05) is 0 Å². The Hall–Kier alpha value is -0.120. The van der Waals surface area contributed by atoms with Crippen molar-refractivity contribution in [3.05, 3.63) is 0 Å². The van der Waals surface area contributed by atoms with Crippen LogP contribution in [0, 0.1) is 17.8 Å². The maximum atomic E-state index is 9.13. The highest BCUT2D eigenvalue weighted by Gasteiger charge is 2.39. The standard InChI is InChI=1S/C17H34N2O/c1-4-14(8-9-20)10-18-17-15-6-5-7-16(17)12-19(11-15)13(2)3/h13-18,20H,4-12H2,1-3H3. The molecule has 1 saturated heterocycles. The molecule has 0 spiro atoms. The summed E-state index contributed by atoms with van der Waals surface area (Å²) in [6.07, 6.45) is 6.34. The van der Waals surface area contributed by atoms with Gasteiger partial charge in [-0.05, 0) is 57.4 Å². The fourth-order valence-corrected chi connectivity index (χ4v) is 4.16. The van der Waals surface area contributed by atoms with E-state index >= 15 is 0 Å². The Labute approximate surface area is 125 Å². The molecule has 2 rings (SSSR count). The first kappa shape index (κ1) is 16.3. The second-order valence-corrected chi connectivity index (χ2v) is 7.22. The van der Waals surface area contributed by atoms with E-state index in [-0.39, 0.29) is 0 Å². The molecule has 0 radical (unpaired) electrons. The lowest BCUT2D eigenvalue weighted by atomic mass is 9.73. The number of nitrogens with zero attached hydrogens (tertiary/aromatic N) is 1. The van der Waals surface area contributed by atoms with Crippen molar-refractivity contribution < 1.29 is 5.11 Å². The van der Waals surface area contributed by atoms with Crippen molar-refractivity contribution in [3.8, 4) is 0 Å². The first-order chi connectivity index (χ1) is 9.65. The Morgan fingerprint density at radius 2 is 1.85 bits per heavy atom. The zero-order valence-electron chi connectivity index (χ0n) is 13.6. The molecule has 2 bridgehead atoms. The van der Waals surface area contributed by atoms with E-state index in [2.05, 4.69) is 31.0 Å². The predicted molar refractivity (Wildman–Crippen MR) is 84.8 cm³/mol. The fourth-order valence-electron chi connectivity index (χ4n) is 4.16. The highest BCUT2D eigenvalue weighted by atomic mass is 16.3. The number of nitrogens with one attached hydrogen (secondary N) is 1. The summed E-state index contributed by atoms with van der Waals surface area (Å²) in [5.74, 6) is 2.33. The van der Waals surface area contributed by atoms with Crippen LogP contribution in [0.2, 0.25) is 0 Å². The average molecular weight is 282 g/mol. The molecule has 0 aromatic rings. The van der Waals surface area contributed by atoms with Gasteiger partial charge in [0.15, 0.2) is 0 Å². The van der Waals surface area contributed by atoms with Gasteiger partial charge in [-0.15, -0.1) is 0 Å². The second-order valence-electron chi connectivity index (χ2n) is 7.22. The van der Waals surface area contributed by atoms with Gasteiger partial charge in [-0.25, -0.2) is 0 Å². The van der Waals surface area contributed by atoms with Crippen molar-refractivity contribution >= 4 is 0 Å². The van der Waals surface area contributed by atoms with E-state index in [4.69, 9.17) is 5.11 Å². The lowest BCUT2D eigenvalue weighted by Crippen LogP contribution is -2.58. The van der Waals surface area contributed by atoms with E-state index in [1.165, 1.54) is 38.8 Å². The SMILES string of the molecule is CCC(CCO)CNC1C2CCCC1CN(C(C)C)C2. The van der Waals surface area contributed by atoms with Crippen LogP contribution in [0.3, 0.4) is 0 Å². The van der Waals surface area contributed by atoms with Crippen molar-refractivity contribution in [3.63, 3.8) is 0 Å². The Morgan fingerprint density at radius 1 is 1.20 bits per heavy atom. The van der Waals surface area contributed by atoms with Crippen LogP contribution in [0.1, 0.15) is 52.9 Å². The van der Waals surface area contributed by atoms with Crippen LogP contribution in [0.15, 0.2) is 0 Å². The zero-order valence-corrected chi connectivity index (χ0v) is 13.6. The van der Waals surface area contributed by atoms with Crippen molar-refractivity contribution in [2.24, 2.45) is 17.8 Å². The lowest BCUT2D eigenvalue weighted by molar-refractivity contribution is 0.0277. The van der Waals surface area contributed by atoms with E-state index in [9.17, 15) is 0 Å². The molecule has 0 amide bonds. The molecular weight excluding hydrogens is 248 g/mol. The molecule has 2 fully saturated rings. The minimum Gasteiger partial charge on any atom is -0.396 e. The molecule has 3 atom stereocenters. The molecule has 20 heavy (non-hydrogen) atoms. The molecule has 1 aliphatic carbocycles. The molecule has 3 unspecified atom stereocenters. The zero-order chi connectivity index (χ0) is 14.5. The topological polar surface area (TPSA) is 35.5 Å². The smallest absolute Gasteiger partial charge is 0.0434 e. The normalized spacial score (nSPS) is 32.5.